The summed E-state index contributed by atoms with van der Waals surface area (Å²) in [7, 11) is 0. The van der Waals surface area contributed by atoms with Gasteiger partial charge in [0, 0.05) is 6.54 Å². The molecule has 0 unspecified atom stereocenters. The molecule has 0 atom stereocenters. The zero-order chi connectivity index (χ0) is 9.80. The summed E-state index contributed by atoms with van der Waals surface area (Å²) in [5.41, 5.74) is 0.638. The summed E-state index contributed by atoms with van der Waals surface area (Å²) in [6.45, 7) is 0.918. The van der Waals surface area contributed by atoms with Crippen molar-refractivity contribution >= 4 is 5.69 Å². The van der Waals surface area contributed by atoms with Crippen molar-refractivity contribution < 1.29 is 4.39 Å². The molecule has 0 saturated heterocycles. The number of rotatable bonds is 3. The van der Waals surface area contributed by atoms with E-state index in [4.69, 9.17) is 0 Å². The Balaban J connectivity index is 1.88. The molecule has 0 amide bonds. The predicted octanol–water partition coefficient (Wildman–Crippen LogP) is 3.43. The Hall–Kier alpha value is -1.05. The molecule has 1 aliphatic rings. The van der Waals surface area contributed by atoms with Crippen LogP contribution in [0.2, 0.25) is 0 Å². The fraction of sp³-hybridized carbons (Fsp3) is 0.500. The fourth-order valence-corrected chi connectivity index (χ4v) is 2.07. The van der Waals surface area contributed by atoms with Gasteiger partial charge < -0.3 is 5.32 Å². The smallest absolute Gasteiger partial charge is 0.146 e. The van der Waals surface area contributed by atoms with Gasteiger partial charge >= 0.3 is 0 Å². The van der Waals surface area contributed by atoms with E-state index in [0.717, 1.165) is 12.5 Å². The lowest BCUT2D eigenvalue weighted by atomic mass is 10.1. The van der Waals surface area contributed by atoms with E-state index in [-0.39, 0.29) is 5.82 Å². The van der Waals surface area contributed by atoms with Crippen molar-refractivity contribution in [2.24, 2.45) is 5.92 Å². The van der Waals surface area contributed by atoms with Gasteiger partial charge in [-0.25, -0.2) is 4.39 Å². The summed E-state index contributed by atoms with van der Waals surface area (Å²) in [5.74, 6) is 0.597. The van der Waals surface area contributed by atoms with Crippen LogP contribution in [0.5, 0.6) is 0 Å². The van der Waals surface area contributed by atoms with Crippen LogP contribution in [0.3, 0.4) is 0 Å². The van der Waals surface area contributed by atoms with E-state index >= 15 is 0 Å². The molecule has 1 fully saturated rings. The maximum absolute atomic E-state index is 13.2. The van der Waals surface area contributed by atoms with E-state index in [9.17, 15) is 4.39 Å². The van der Waals surface area contributed by atoms with Crippen molar-refractivity contribution in [3.05, 3.63) is 30.1 Å². The highest BCUT2D eigenvalue weighted by Gasteiger charge is 2.14. The van der Waals surface area contributed by atoms with E-state index in [2.05, 4.69) is 5.32 Å². The first kappa shape index (κ1) is 9.50. The lowest BCUT2D eigenvalue weighted by Gasteiger charge is -2.11. The highest BCUT2D eigenvalue weighted by Crippen LogP contribution is 2.25. The average molecular weight is 193 g/mol. The number of halogens is 1. The van der Waals surface area contributed by atoms with Crippen LogP contribution in [0.15, 0.2) is 24.3 Å². The Morgan fingerprint density at radius 1 is 1.21 bits per heavy atom. The van der Waals surface area contributed by atoms with Gasteiger partial charge in [0.1, 0.15) is 5.82 Å². The molecule has 76 valence electrons. The normalized spacial score (nSPS) is 17.2. The van der Waals surface area contributed by atoms with Crippen LogP contribution < -0.4 is 5.32 Å². The molecule has 0 spiro atoms. The van der Waals surface area contributed by atoms with E-state index < -0.39 is 0 Å². The highest BCUT2D eigenvalue weighted by molar-refractivity contribution is 5.44. The molecule has 0 aromatic heterocycles. The lowest BCUT2D eigenvalue weighted by Crippen LogP contribution is -2.11. The Morgan fingerprint density at radius 3 is 2.64 bits per heavy atom. The molecule has 0 bridgehead atoms. The topological polar surface area (TPSA) is 12.0 Å². The monoisotopic (exact) mass is 193 g/mol. The molecule has 14 heavy (non-hydrogen) atoms. The minimum absolute atomic E-state index is 0.148. The summed E-state index contributed by atoms with van der Waals surface area (Å²) < 4.78 is 13.2. The third-order valence-electron chi connectivity index (χ3n) is 2.93. The van der Waals surface area contributed by atoms with Crippen LogP contribution in [-0.2, 0) is 0 Å². The first-order valence-electron chi connectivity index (χ1n) is 5.34. The molecule has 0 radical (unpaired) electrons. The SMILES string of the molecule is Fc1ccccc1NCC1CCCC1. The number of nitrogens with one attached hydrogen (secondary N) is 1. The molecule has 2 rings (SSSR count). The highest BCUT2D eigenvalue weighted by atomic mass is 19.1. The van der Waals surface area contributed by atoms with Gasteiger partial charge in [0.25, 0.3) is 0 Å². The van der Waals surface area contributed by atoms with Crippen LogP contribution >= 0.6 is 0 Å². The second-order valence-electron chi connectivity index (χ2n) is 4.01. The summed E-state index contributed by atoms with van der Waals surface area (Å²) in [5, 5.41) is 3.18. The summed E-state index contributed by atoms with van der Waals surface area (Å²) in [6.07, 6.45) is 5.26. The molecule has 1 nitrogen and oxygen atoms in total. The molecule has 0 heterocycles. The van der Waals surface area contributed by atoms with Crippen molar-refractivity contribution in [2.45, 2.75) is 25.7 Å². The number of hydrogen-bond acceptors (Lipinski definition) is 1. The Morgan fingerprint density at radius 2 is 1.93 bits per heavy atom. The van der Waals surface area contributed by atoms with Gasteiger partial charge in [0.2, 0.25) is 0 Å². The Bertz CT molecular complexity index is 292. The van der Waals surface area contributed by atoms with Gasteiger partial charge in [0.15, 0.2) is 0 Å². The van der Waals surface area contributed by atoms with Crippen molar-refractivity contribution in [2.75, 3.05) is 11.9 Å². The molecule has 1 saturated carbocycles. The number of anilines is 1. The number of para-hydroxylation sites is 1. The fourth-order valence-electron chi connectivity index (χ4n) is 2.07. The Kier molecular flexibility index (Phi) is 3.02. The summed E-state index contributed by atoms with van der Waals surface area (Å²) >= 11 is 0. The van der Waals surface area contributed by atoms with Crippen LogP contribution in [0.1, 0.15) is 25.7 Å². The van der Waals surface area contributed by atoms with Gasteiger partial charge in [-0.2, -0.15) is 0 Å². The standard InChI is InChI=1S/C12H16FN/c13-11-7-3-4-8-12(11)14-9-10-5-1-2-6-10/h3-4,7-8,10,14H,1-2,5-6,9H2. The minimum atomic E-state index is -0.148. The first-order valence-corrected chi connectivity index (χ1v) is 5.34. The van der Waals surface area contributed by atoms with Gasteiger partial charge in [0.05, 0.1) is 5.69 Å². The Labute approximate surface area is 84.3 Å². The second kappa shape index (κ2) is 4.45. The maximum atomic E-state index is 13.2. The quantitative estimate of drug-likeness (QED) is 0.775. The van der Waals surface area contributed by atoms with E-state index in [1.54, 1.807) is 12.1 Å². The van der Waals surface area contributed by atoms with Crippen LogP contribution in [-0.4, -0.2) is 6.54 Å². The summed E-state index contributed by atoms with van der Waals surface area (Å²) in [6, 6.07) is 6.87. The lowest BCUT2D eigenvalue weighted by molar-refractivity contribution is 0.574. The molecular weight excluding hydrogens is 177 g/mol. The largest absolute Gasteiger partial charge is 0.382 e. The van der Waals surface area contributed by atoms with Gasteiger partial charge in [-0.05, 0) is 30.9 Å². The van der Waals surface area contributed by atoms with Crippen LogP contribution in [0.25, 0.3) is 0 Å². The van der Waals surface area contributed by atoms with E-state index in [1.165, 1.54) is 31.7 Å². The molecule has 2 heteroatoms. The maximum Gasteiger partial charge on any atom is 0.146 e. The van der Waals surface area contributed by atoms with Gasteiger partial charge in [-0.3, -0.25) is 0 Å². The van der Waals surface area contributed by atoms with Crippen molar-refractivity contribution in [3.63, 3.8) is 0 Å². The first-order chi connectivity index (χ1) is 6.86. The molecule has 0 aliphatic heterocycles. The number of benzene rings is 1. The van der Waals surface area contributed by atoms with Crippen LogP contribution in [0, 0.1) is 11.7 Å². The molecule has 1 N–H and O–H groups in total. The zero-order valence-corrected chi connectivity index (χ0v) is 8.30. The third-order valence-corrected chi connectivity index (χ3v) is 2.93. The predicted molar refractivity (Wildman–Crippen MR) is 56.8 cm³/mol. The average Bonchev–Trinajstić information content (AvgIpc) is 2.69. The minimum Gasteiger partial charge on any atom is -0.382 e. The summed E-state index contributed by atoms with van der Waals surface area (Å²) in [4.78, 5) is 0. The van der Waals surface area contributed by atoms with Crippen LogP contribution in [0.4, 0.5) is 10.1 Å². The van der Waals surface area contributed by atoms with Crippen molar-refractivity contribution in [3.8, 4) is 0 Å². The van der Waals surface area contributed by atoms with Gasteiger partial charge in [-0.15, -0.1) is 0 Å². The molecular formula is C12H16FN. The van der Waals surface area contributed by atoms with Crippen molar-refractivity contribution in [1.82, 2.24) is 0 Å². The zero-order valence-electron chi connectivity index (χ0n) is 8.30. The van der Waals surface area contributed by atoms with E-state index in [1.807, 2.05) is 6.07 Å². The molecule has 1 aliphatic carbocycles. The molecule has 1 aromatic carbocycles. The molecule has 1 aromatic rings. The van der Waals surface area contributed by atoms with Crippen molar-refractivity contribution in [1.29, 1.82) is 0 Å². The van der Waals surface area contributed by atoms with Gasteiger partial charge in [-0.1, -0.05) is 25.0 Å². The third kappa shape index (κ3) is 2.25. The number of hydrogen-bond donors (Lipinski definition) is 1. The second-order valence-corrected chi connectivity index (χ2v) is 4.01. The van der Waals surface area contributed by atoms with E-state index in [0.29, 0.717) is 5.69 Å².